The molecule has 6 nitrogen and oxygen atoms in total. The van der Waals surface area contributed by atoms with Gasteiger partial charge in [-0.3, -0.25) is 0 Å². The van der Waals surface area contributed by atoms with E-state index in [0.717, 1.165) is 6.07 Å². The number of nitrogens with one attached hydrogen (secondary N) is 2. The first-order valence-electron chi connectivity index (χ1n) is 8.95. The fourth-order valence-electron chi connectivity index (χ4n) is 2.48. The number of rotatable bonds is 8. The number of halogens is 5. The molecule has 0 saturated heterocycles. The zero-order valence-corrected chi connectivity index (χ0v) is 19.6. The largest absolute Gasteiger partial charge is 0.573 e. The maximum atomic E-state index is 13.7. The number of hydrogen-bond acceptors (Lipinski definition) is 4. The van der Waals surface area contributed by atoms with Crippen LogP contribution in [0.2, 0.25) is 0 Å². The van der Waals surface area contributed by atoms with Crippen LogP contribution in [0, 0.1) is 5.82 Å². The summed E-state index contributed by atoms with van der Waals surface area (Å²) in [6.45, 7) is 1.99. The van der Waals surface area contributed by atoms with E-state index in [1.165, 1.54) is 36.4 Å². The van der Waals surface area contributed by atoms with Crippen molar-refractivity contribution >= 4 is 39.8 Å². The summed E-state index contributed by atoms with van der Waals surface area (Å²) in [6, 6.07) is 10.6. The highest BCUT2D eigenvalue weighted by Gasteiger charge is 2.31. The van der Waals surface area contributed by atoms with E-state index in [-0.39, 0.29) is 54.3 Å². The van der Waals surface area contributed by atoms with Gasteiger partial charge in [-0.25, -0.2) is 17.8 Å². The molecule has 0 unspecified atom stereocenters. The van der Waals surface area contributed by atoms with Crippen LogP contribution in [0.25, 0.3) is 0 Å². The van der Waals surface area contributed by atoms with Crippen molar-refractivity contribution in [2.75, 3.05) is 18.8 Å². The molecule has 0 aliphatic rings. The molecule has 2 aromatic carbocycles. The normalized spacial score (nSPS) is 12.1. The maximum Gasteiger partial charge on any atom is 0.573 e. The minimum atomic E-state index is -4.83. The number of nitrogens with zero attached hydrogens (tertiary/aromatic N) is 1. The van der Waals surface area contributed by atoms with E-state index in [2.05, 4.69) is 20.4 Å². The molecule has 2 aromatic rings. The smallest absolute Gasteiger partial charge is 0.405 e. The number of ether oxygens (including phenoxy) is 1. The minimum Gasteiger partial charge on any atom is -0.405 e. The van der Waals surface area contributed by atoms with Crippen molar-refractivity contribution in [3.05, 3.63) is 59.9 Å². The van der Waals surface area contributed by atoms with Crippen molar-refractivity contribution in [2.24, 2.45) is 4.99 Å². The van der Waals surface area contributed by atoms with E-state index >= 15 is 0 Å². The monoisotopic (exact) mass is 575 g/mol. The highest BCUT2D eigenvalue weighted by molar-refractivity contribution is 14.0. The topological polar surface area (TPSA) is 79.8 Å². The van der Waals surface area contributed by atoms with Crippen LogP contribution in [0.4, 0.5) is 17.6 Å². The van der Waals surface area contributed by atoms with Gasteiger partial charge in [-0.1, -0.05) is 30.3 Å². The van der Waals surface area contributed by atoms with Gasteiger partial charge in [-0.2, -0.15) is 0 Å². The Kier molecular flexibility index (Phi) is 10.5. The standard InChI is InChI=1S/C19H21F4N3O3S.HI/c1-2-24-18(25-11-12-30(27,28)17-10-6-4-8-15(17)20)26-13-14-7-3-5-9-16(14)29-19(21,22)23;/h3-10H,2,11-13H2,1H3,(H2,24,25,26);1H. The van der Waals surface area contributed by atoms with Gasteiger partial charge >= 0.3 is 6.36 Å². The average molecular weight is 575 g/mol. The quantitative estimate of drug-likeness (QED) is 0.216. The number of aliphatic imine (C=N–C) groups is 1. The Morgan fingerprint density at radius 2 is 1.71 bits per heavy atom. The van der Waals surface area contributed by atoms with Crippen molar-refractivity contribution in [3.63, 3.8) is 0 Å². The lowest BCUT2D eigenvalue weighted by molar-refractivity contribution is -0.274. The summed E-state index contributed by atoms with van der Waals surface area (Å²) >= 11 is 0. The number of hydrogen-bond donors (Lipinski definition) is 2. The molecule has 0 fully saturated rings. The van der Waals surface area contributed by atoms with Crippen molar-refractivity contribution in [2.45, 2.75) is 24.7 Å². The molecule has 0 heterocycles. The Hall–Kier alpha value is -2.09. The first-order valence-corrected chi connectivity index (χ1v) is 10.6. The van der Waals surface area contributed by atoms with Crippen molar-refractivity contribution in [1.82, 2.24) is 10.6 Å². The third-order valence-electron chi connectivity index (χ3n) is 3.78. The summed E-state index contributed by atoms with van der Waals surface area (Å²) in [5.41, 5.74) is 0.200. The lowest BCUT2D eigenvalue weighted by Gasteiger charge is -2.14. The molecule has 31 heavy (non-hydrogen) atoms. The second kappa shape index (κ2) is 12.1. The Bertz CT molecular complexity index is 985. The molecule has 2 rings (SSSR count). The minimum absolute atomic E-state index is 0. The van der Waals surface area contributed by atoms with Gasteiger partial charge in [-0.05, 0) is 25.1 Å². The second-order valence-corrected chi connectivity index (χ2v) is 8.10. The molecule has 0 amide bonds. The van der Waals surface area contributed by atoms with Gasteiger partial charge in [-0.15, -0.1) is 37.1 Å². The van der Waals surface area contributed by atoms with E-state index in [4.69, 9.17) is 0 Å². The molecule has 2 N–H and O–H groups in total. The van der Waals surface area contributed by atoms with E-state index in [1.54, 1.807) is 13.0 Å². The zero-order valence-electron chi connectivity index (χ0n) is 16.4. The molecule has 0 aromatic heterocycles. The summed E-state index contributed by atoms with van der Waals surface area (Å²) in [6.07, 6.45) is -4.83. The molecular formula is C19H22F4IN3O3S. The summed E-state index contributed by atoms with van der Waals surface area (Å²) in [5.74, 6) is -1.40. The van der Waals surface area contributed by atoms with Gasteiger partial charge in [0.1, 0.15) is 16.5 Å². The molecule has 0 aliphatic heterocycles. The fourth-order valence-corrected chi connectivity index (χ4v) is 3.72. The van der Waals surface area contributed by atoms with Gasteiger partial charge in [0.25, 0.3) is 0 Å². The third-order valence-corrected chi connectivity index (χ3v) is 5.53. The molecule has 0 saturated carbocycles. The molecule has 12 heteroatoms. The number of sulfone groups is 1. The highest BCUT2D eigenvalue weighted by Crippen LogP contribution is 2.26. The highest BCUT2D eigenvalue weighted by atomic mass is 127. The number of benzene rings is 2. The van der Waals surface area contributed by atoms with Crippen molar-refractivity contribution < 1.29 is 30.7 Å². The molecule has 0 bridgehead atoms. The van der Waals surface area contributed by atoms with E-state index in [9.17, 15) is 26.0 Å². The predicted octanol–water partition coefficient (Wildman–Crippen LogP) is 3.87. The van der Waals surface area contributed by atoms with Gasteiger partial charge in [0.05, 0.1) is 12.3 Å². The summed E-state index contributed by atoms with van der Waals surface area (Å²) in [4.78, 5) is 3.77. The number of guanidine groups is 1. The van der Waals surface area contributed by atoms with Crippen LogP contribution in [0.3, 0.4) is 0 Å². The van der Waals surface area contributed by atoms with Crippen LogP contribution in [0.1, 0.15) is 12.5 Å². The van der Waals surface area contributed by atoms with Gasteiger partial charge in [0, 0.05) is 18.7 Å². The Balaban J connectivity index is 0.00000480. The van der Waals surface area contributed by atoms with Crippen LogP contribution < -0.4 is 15.4 Å². The number of para-hydroxylation sites is 1. The van der Waals surface area contributed by atoms with Crippen molar-refractivity contribution in [3.8, 4) is 5.75 Å². The predicted molar refractivity (Wildman–Crippen MR) is 120 cm³/mol. The van der Waals surface area contributed by atoms with Crippen molar-refractivity contribution in [1.29, 1.82) is 0 Å². The summed E-state index contributed by atoms with van der Waals surface area (Å²) in [5, 5.41) is 5.64. The van der Waals surface area contributed by atoms with Crippen LogP contribution >= 0.6 is 24.0 Å². The lowest BCUT2D eigenvalue weighted by Crippen LogP contribution is -2.39. The first kappa shape index (κ1) is 26.9. The Morgan fingerprint density at radius 1 is 1.06 bits per heavy atom. The first-order chi connectivity index (χ1) is 14.1. The maximum absolute atomic E-state index is 13.7. The SMILES string of the molecule is CCNC(=NCc1ccccc1OC(F)(F)F)NCCS(=O)(=O)c1ccccc1F.I. The fraction of sp³-hybridized carbons (Fsp3) is 0.316. The zero-order chi connectivity index (χ0) is 22.2. The molecular weight excluding hydrogens is 553 g/mol. The van der Waals surface area contributed by atoms with Crippen LogP contribution in [-0.2, 0) is 16.4 Å². The van der Waals surface area contributed by atoms with Crippen LogP contribution in [0.15, 0.2) is 58.4 Å². The molecule has 172 valence electrons. The average Bonchev–Trinajstić information content (AvgIpc) is 2.66. The summed E-state index contributed by atoms with van der Waals surface area (Å²) < 4.78 is 79.8. The summed E-state index contributed by atoms with van der Waals surface area (Å²) in [7, 11) is -3.86. The van der Waals surface area contributed by atoms with Gasteiger partial charge in [0.15, 0.2) is 15.8 Å². The van der Waals surface area contributed by atoms with Crippen LogP contribution in [0.5, 0.6) is 5.75 Å². The van der Waals surface area contributed by atoms with Gasteiger partial charge < -0.3 is 15.4 Å². The second-order valence-electron chi connectivity index (χ2n) is 6.03. The van der Waals surface area contributed by atoms with E-state index < -0.39 is 32.7 Å². The molecule has 0 spiro atoms. The van der Waals surface area contributed by atoms with Crippen LogP contribution in [-0.4, -0.2) is 39.6 Å². The third kappa shape index (κ3) is 8.89. The molecule has 0 radical (unpaired) electrons. The Morgan fingerprint density at radius 3 is 2.35 bits per heavy atom. The molecule has 0 atom stereocenters. The van der Waals surface area contributed by atoms with Gasteiger partial charge in [0.2, 0.25) is 0 Å². The molecule has 0 aliphatic carbocycles. The number of alkyl halides is 3. The van der Waals surface area contributed by atoms with E-state index in [0.29, 0.717) is 6.54 Å². The van der Waals surface area contributed by atoms with E-state index in [1.807, 2.05) is 0 Å². The lowest BCUT2D eigenvalue weighted by atomic mass is 10.2. The Labute approximate surface area is 195 Å².